The molecule has 0 unspecified atom stereocenters. The Kier molecular flexibility index (Phi) is 4.22. The maximum absolute atomic E-state index is 11.0. The predicted molar refractivity (Wildman–Crippen MR) is 94.9 cm³/mol. The van der Waals surface area contributed by atoms with E-state index in [9.17, 15) is 8.42 Å². The van der Waals surface area contributed by atoms with Gasteiger partial charge in [-0.1, -0.05) is 31.0 Å². The number of fused-ring (bicyclic) bond motifs is 1. The Labute approximate surface area is 144 Å². The van der Waals surface area contributed by atoms with E-state index in [0.717, 1.165) is 25.3 Å². The highest BCUT2D eigenvalue weighted by Crippen LogP contribution is 2.54. The van der Waals surface area contributed by atoms with Gasteiger partial charge in [-0.25, -0.2) is 0 Å². The second-order valence-electron chi connectivity index (χ2n) is 7.86. The van der Waals surface area contributed by atoms with Gasteiger partial charge in [0.05, 0.1) is 5.75 Å². The fraction of sp³-hybridized carbons (Fsp3) is 0.684. The summed E-state index contributed by atoms with van der Waals surface area (Å²) in [4.78, 5) is 0. The van der Waals surface area contributed by atoms with Crippen LogP contribution in [0.1, 0.15) is 55.2 Å². The molecule has 0 aromatic heterocycles. The van der Waals surface area contributed by atoms with E-state index in [0.29, 0.717) is 17.9 Å². The van der Waals surface area contributed by atoms with Crippen LogP contribution < -0.4 is 5.32 Å². The lowest BCUT2D eigenvalue weighted by Crippen LogP contribution is -2.59. The normalized spacial score (nSPS) is 32.0. The average Bonchev–Trinajstić information content (AvgIpc) is 2.54. The van der Waals surface area contributed by atoms with Gasteiger partial charge >= 0.3 is 0 Å². The highest BCUT2D eigenvalue weighted by Gasteiger charge is 2.51. The quantitative estimate of drug-likeness (QED) is 0.821. The van der Waals surface area contributed by atoms with Crippen LogP contribution in [0.25, 0.3) is 0 Å². The van der Waals surface area contributed by atoms with Crippen LogP contribution in [-0.2, 0) is 28.4 Å². The summed E-state index contributed by atoms with van der Waals surface area (Å²) in [5.74, 6) is 0.618. The summed E-state index contributed by atoms with van der Waals surface area (Å²) in [5, 5.41) is 3.76. The minimum absolute atomic E-state index is 0.147. The number of benzene rings is 1. The molecule has 0 spiro atoms. The van der Waals surface area contributed by atoms with Crippen molar-refractivity contribution in [2.75, 3.05) is 12.3 Å². The largest absolute Gasteiger partial charge is 0.313 e. The molecule has 1 saturated heterocycles. The van der Waals surface area contributed by atoms with Gasteiger partial charge in [0.2, 0.25) is 0 Å². The van der Waals surface area contributed by atoms with E-state index >= 15 is 0 Å². The van der Waals surface area contributed by atoms with Gasteiger partial charge in [0.25, 0.3) is 10.1 Å². The minimum atomic E-state index is -3.86. The summed E-state index contributed by atoms with van der Waals surface area (Å²) >= 11 is 0. The summed E-state index contributed by atoms with van der Waals surface area (Å²) in [5.41, 5.74) is 4.65. The third-order valence-corrected chi connectivity index (χ3v) is 7.45. The molecule has 0 radical (unpaired) electrons. The number of aryl methyl sites for hydroxylation is 1. The molecule has 132 valence electrons. The van der Waals surface area contributed by atoms with E-state index in [1.165, 1.54) is 43.2 Å². The van der Waals surface area contributed by atoms with Gasteiger partial charge < -0.3 is 5.32 Å². The highest BCUT2D eigenvalue weighted by atomic mass is 32.2. The molecule has 2 fully saturated rings. The SMILES string of the molecule is O=S(=O)(O)CCCc1cccc2c1C[C@H]1NCC[C@@]23CCCC[C@@H]13. The first kappa shape index (κ1) is 16.6. The Morgan fingerprint density at radius 1 is 1.25 bits per heavy atom. The van der Waals surface area contributed by atoms with Gasteiger partial charge in [0.1, 0.15) is 0 Å². The fourth-order valence-electron chi connectivity index (χ4n) is 5.71. The maximum atomic E-state index is 11.0. The molecule has 1 heterocycles. The summed E-state index contributed by atoms with van der Waals surface area (Å²) < 4.78 is 31.0. The van der Waals surface area contributed by atoms with Crippen LogP contribution in [-0.4, -0.2) is 31.3 Å². The molecule has 2 aliphatic carbocycles. The molecule has 1 aromatic carbocycles. The van der Waals surface area contributed by atoms with E-state index < -0.39 is 10.1 Å². The average molecular weight is 349 g/mol. The summed E-state index contributed by atoms with van der Waals surface area (Å²) in [7, 11) is -3.86. The molecule has 1 aliphatic heterocycles. The van der Waals surface area contributed by atoms with Crippen LogP contribution >= 0.6 is 0 Å². The molecule has 3 atom stereocenters. The maximum Gasteiger partial charge on any atom is 0.264 e. The topological polar surface area (TPSA) is 66.4 Å². The zero-order chi connectivity index (χ0) is 16.8. The number of hydrogen-bond acceptors (Lipinski definition) is 3. The van der Waals surface area contributed by atoms with Crippen molar-refractivity contribution in [3.05, 3.63) is 34.9 Å². The zero-order valence-electron chi connectivity index (χ0n) is 14.1. The first-order valence-electron chi connectivity index (χ1n) is 9.29. The van der Waals surface area contributed by atoms with Crippen LogP contribution in [0.4, 0.5) is 0 Å². The molecular formula is C19H27NO3S. The third-order valence-electron chi connectivity index (χ3n) is 6.64. The van der Waals surface area contributed by atoms with E-state index in [-0.39, 0.29) is 5.75 Å². The van der Waals surface area contributed by atoms with Gasteiger partial charge in [-0.15, -0.1) is 0 Å². The molecule has 2 N–H and O–H groups in total. The molecule has 1 saturated carbocycles. The van der Waals surface area contributed by atoms with Gasteiger partial charge in [0.15, 0.2) is 0 Å². The van der Waals surface area contributed by atoms with Crippen LogP contribution in [0.3, 0.4) is 0 Å². The molecule has 24 heavy (non-hydrogen) atoms. The van der Waals surface area contributed by atoms with E-state index in [2.05, 4.69) is 23.5 Å². The summed E-state index contributed by atoms with van der Waals surface area (Å²) in [6.45, 7) is 1.12. The van der Waals surface area contributed by atoms with Crippen LogP contribution in [0.5, 0.6) is 0 Å². The molecule has 4 rings (SSSR count). The van der Waals surface area contributed by atoms with Crippen molar-refractivity contribution in [2.24, 2.45) is 5.92 Å². The van der Waals surface area contributed by atoms with Crippen molar-refractivity contribution in [3.63, 3.8) is 0 Å². The van der Waals surface area contributed by atoms with E-state index in [1.807, 2.05) is 0 Å². The Bertz CT molecular complexity index is 726. The van der Waals surface area contributed by atoms with Crippen molar-refractivity contribution >= 4 is 10.1 Å². The Morgan fingerprint density at radius 2 is 2.12 bits per heavy atom. The van der Waals surface area contributed by atoms with E-state index in [1.54, 1.807) is 5.56 Å². The number of nitrogens with one attached hydrogen (secondary N) is 1. The predicted octanol–water partition coefficient (Wildman–Crippen LogP) is 2.85. The lowest BCUT2D eigenvalue weighted by molar-refractivity contribution is 0.0795. The first-order valence-corrected chi connectivity index (χ1v) is 10.9. The molecule has 4 nitrogen and oxygen atoms in total. The van der Waals surface area contributed by atoms with Crippen molar-refractivity contribution in [3.8, 4) is 0 Å². The fourth-order valence-corrected chi connectivity index (χ4v) is 6.22. The first-order chi connectivity index (χ1) is 11.5. The lowest BCUT2D eigenvalue weighted by Gasteiger charge is -2.56. The van der Waals surface area contributed by atoms with Gasteiger partial charge in [-0.3, -0.25) is 4.55 Å². The second-order valence-corrected chi connectivity index (χ2v) is 9.43. The van der Waals surface area contributed by atoms with Gasteiger partial charge in [-0.05, 0) is 67.7 Å². The van der Waals surface area contributed by atoms with Crippen LogP contribution in [0, 0.1) is 5.92 Å². The number of hydrogen-bond donors (Lipinski definition) is 2. The smallest absolute Gasteiger partial charge is 0.264 e. The van der Waals surface area contributed by atoms with Crippen molar-refractivity contribution in [1.29, 1.82) is 0 Å². The third kappa shape index (κ3) is 2.80. The second kappa shape index (κ2) is 6.11. The number of piperidine rings is 1. The lowest BCUT2D eigenvalue weighted by atomic mass is 9.52. The monoisotopic (exact) mass is 349 g/mol. The summed E-state index contributed by atoms with van der Waals surface area (Å²) in [6.07, 6.45) is 8.85. The molecule has 0 amide bonds. The highest BCUT2D eigenvalue weighted by molar-refractivity contribution is 7.85. The Hall–Kier alpha value is -0.910. The Morgan fingerprint density at radius 3 is 2.96 bits per heavy atom. The minimum Gasteiger partial charge on any atom is -0.313 e. The van der Waals surface area contributed by atoms with Gasteiger partial charge in [-0.2, -0.15) is 8.42 Å². The van der Waals surface area contributed by atoms with Crippen molar-refractivity contribution in [1.82, 2.24) is 5.32 Å². The van der Waals surface area contributed by atoms with E-state index in [4.69, 9.17) is 4.55 Å². The molecule has 2 bridgehead atoms. The van der Waals surface area contributed by atoms with Crippen LogP contribution in [0.15, 0.2) is 18.2 Å². The molecule has 1 aromatic rings. The van der Waals surface area contributed by atoms with Gasteiger partial charge in [0, 0.05) is 11.5 Å². The summed E-state index contributed by atoms with van der Waals surface area (Å²) in [6, 6.07) is 7.22. The standard InChI is InChI=1S/C19H27NO3S/c21-24(22,23)12-4-6-14-5-3-8-16-15(14)13-18-17-7-1-2-9-19(16,17)10-11-20-18/h3,5,8,17-18,20H,1-2,4,6-7,9-13H2,(H,21,22,23)/t17-,18+,19-/m0/s1. The number of rotatable bonds is 4. The Balaban J connectivity index is 1.67. The molecular weight excluding hydrogens is 322 g/mol. The van der Waals surface area contributed by atoms with Crippen molar-refractivity contribution in [2.45, 2.75) is 62.8 Å². The molecule has 3 aliphatic rings. The molecule has 5 heteroatoms. The zero-order valence-corrected chi connectivity index (χ0v) is 14.9. The van der Waals surface area contributed by atoms with Crippen molar-refractivity contribution < 1.29 is 13.0 Å². The van der Waals surface area contributed by atoms with Crippen LogP contribution in [0.2, 0.25) is 0 Å².